The number of alkyl halides is 3. The predicted octanol–water partition coefficient (Wildman–Crippen LogP) is 1.49. The van der Waals surface area contributed by atoms with Crippen LogP contribution >= 0.6 is 0 Å². The van der Waals surface area contributed by atoms with Crippen molar-refractivity contribution in [2.75, 3.05) is 13.1 Å². The van der Waals surface area contributed by atoms with Crippen LogP contribution in [-0.4, -0.2) is 24.0 Å². The lowest BCUT2D eigenvalue weighted by atomic mass is 10.1. The van der Waals surface area contributed by atoms with Gasteiger partial charge in [0.25, 0.3) is 5.91 Å². The number of hydrogen-bond acceptors (Lipinski definition) is 3. The van der Waals surface area contributed by atoms with E-state index in [1.165, 1.54) is 6.92 Å². The molecule has 100 valence electrons. The highest BCUT2D eigenvalue weighted by Crippen LogP contribution is 2.28. The lowest BCUT2D eigenvalue weighted by Crippen LogP contribution is -2.27. The lowest BCUT2D eigenvalue weighted by molar-refractivity contribution is -0.141. The molecule has 0 atom stereocenters. The first kappa shape index (κ1) is 14.4. The predicted molar refractivity (Wildman–Crippen MR) is 60.0 cm³/mol. The molecule has 0 radical (unpaired) electrons. The monoisotopic (exact) mass is 261 g/mol. The molecular weight excluding hydrogens is 247 g/mol. The minimum absolute atomic E-state index is 0.0510. The van der Waals surface area contributed by atoms with Crippen molar-refractivity contribution < 1.29 is 18.0 Å². The normalized spacial score (nSPS) is 11.4. The van der Waals surface area contributed by atoms with Gasteiger partial charge >= 0.3 is 6.18 Å². The van der Waals surface area contributed by atoms with E-state index in [1.54, 1.807) is 0 Å². The van der Waals surface area contributed by atoms with Gasteiger partial charge in [0.15, 0.2) is 0 Å². The summed E-state index contributed by atoms with van der Waals surface area (Å²) in [6.45, 7) is 2.19. The third-order valence-electron chi connectivity index (χ3n) is 2.29. The highest BCUT2D eigenvalue weighted by molar-refractivity contribution is 5.95. The van der Waals surface area contributed by atoms with Gasteiger partial charge in [-0.3, -0.25) is 4.79 Å². The number of hydrogen-bond donors (Lipinski definition) is 2. The zero-order valence-electron chi connectivity index (χ0n) is 9.84. The van der Waals surface area contributed by atoms with Crippen LogP contribution in [0.15, 0.2) is 12.1 Å². The van der Waals surface area contributed by atoms with Gasteiger partial charge in [-0.2, -0.15) is 13.2 Å². The Morgan fingerprint density at radius 1 is 1.44 bits per heavy atom. The summed E-state index contributed by atoms with van der Waals surface area (Å²) >= 11 is 0. The van der Waals surface area contributed by atoms with Gasteiger partial charge in [-0.15, -0.1) is 0 Å². The first-order valence-corrected chi connectivity index (χ1v) is 5.39. The molecule has 1 amide bonds. The molecule has 18 heavy (non-hydrogen) atoms. The Kier molecular flexibility index (Phi) is 4.66. The zero-order chi connectivity index (χ0) is 13.8. The SMILES string of the molecule is Cc1nc(C(F)(F)F)ccc1C(=O)NCCCN. The molecule has 0 bridgehead atoms. The van der Waals surface area contributed by atoms with Crippen LogP contribution in [0.25, 0.3) is 0 Å². The molecule has 0 spiro atoms. The first-order valence-electron chi connectivity index (χ1n) is 5.39. The van der Waals surface area contributed by atoms with Gasteiger partial charge in [0.1, 0.15) is 5.69 Å². The molecule has 0 aliphatic heterocycles. The Labute approximate surface area is 102 Å². The minimum Gasteiger partial charge on any atom is -0.352 e. The van der Waals surface area contributed by atoms with Gasteiger partial charge in [-0.25, -0.2) is 4.98 Å². The van der Waals surface area contributed by atoms with E-state index < -0.39 is 17.8 Å². The maximum Gasteiger partial charge on any atom is 0.433 e. The Morgan fingerprint density at radius 3 is 2.61 bits per heavy atom. The third-order valence-corrected chi connectivity index (χ3v) is 2.29. The number of nitrogens with two attached hydrogens (primary N) is 1. The number of nitrogens with one attached hydrogen (secondary N) is 1. The van der Waals surface area contributed by atoms with Crippen molar-refractivity contribution in [3.8, 4) is 0 Å². The highest BCUT2D eigenvalue weighted by Gasteiger charge is 2.32. The fraction of sp³-hybridized carbons (Fsp3) is 0.455. The van der Waals surface area contributed by atoms with Crippen molar-refractivity contribution >= 4 is 5.91 Å². The van der Waals surface area contributed by atoms with Crippen LogP contribution in [0.3, 0.4) is 0 Å². The molecule has 3 N–H and O–H groups in total. The van der Waals surface area contributed by atoms with Gasteiger partial charge in [0.2, 0.25) is 0 Å². The van der Waals surface area contributed by atoms with E-state index in [1.807, 2.05) is 0 Å². The number of carbonyl (C=O) groups is 1. The summed E-state index contributed by atoms with van der Waals surface area (Å²) in [5.74, 6) is -0.442. The maximum absolute atomic E-state index is 12.4. The fourth-order valence-corrected chi connectivity index (χ4v) is 1.36. The Balaban J connectivity index is 2.82. The van der Waals surface area contributed by atoms with Crippen LogP contribution in [0, 0.1) is 6.92 Å². The number of aromatic nitrogens is 1. The standard InChI is InChI=1S/C11H14F3N3O/c1-7-8(10(18)16-6-2-5-15)3-4-9(17-7)11(12,13)14/h3-4H,2,5-6,15H2,1H3,(H,16,18). The van der Waals surface area contributed by atoms with Gasteiger partial charge in [0, 0.05) is 6.54 Å². The molecule has 1 aromatic heterocycles. The number of amides is 1. The van der Waals surface area contributed by atoms with Crippen molar-refractivity contribution in [2.45, 2.75) is 19.5 Å². The van der Waals surface area contributed by atoms with E-state index in [4.69, 9.17) is 5.73 Å². The second-order valence-corrected chi connectivity index (χ2v) is 3.73. The van der Waals surface area contributed by atoms with E-state index in [9.17, 15) is 18.0 Å². The smallest absolute Gasteiger partial charge is 0.352 e. The topological polar surface area (TPSA) is 68.0 Å². The van der Waals surface area contributed by atoms with Gasteiger partial charge < -0.3 is 11.1 Å². The molecule has 0 fully saturated rings. The van der Waals surface area contributed by atoms with Crippen LogP contribution in [0.2, 0.25) is 0 Å². The average molecular weight is 261 g/mol. The summed E-state index contributed by atoms with van der Waals surface area (Å²) < 4.78 is 37.1. The van der Waals surface area contributed by atoms with E-state index in [0.29, 0.717) is 19.5 Å². The fourth-order valence-electron chi connectivity index (χ4n) is 1.36. The molecule has 0 aliphatic rings. The minimum atomic E-state index is -4.50. The number of halogens is 3. The number of pyridine rings is 1. The van der Waals surface area contributed by atoms with Crippen LogP contribution in [-0.2, 0) is 6.18 Å². The number of nitrogens with zero attached hydrogens (tertiary/aromatic N) is 1. The van der Waals surface area contributed by atoms with Gasteiger partial charge in [-0.1, -0.05) is 0 Å². The Morgan fingerprint density at radius 2 is 2.11 bits per heavy atom. The van der Waals surface area contributed by atoms with E-state index >= 15 is 0 Å². The molecule has 0 aliphatic carbocycles. The van der Waals surface area contributed by atoms with Crippen molar-refractivity contribution in [2.24, 2.45) is 5.73 Å². The Bertz CT molecular complexity index is 432. The summed E-state index contributed by atoms with van der Waals surface area (Å²) in [4.78, 5) is 15.0. The summed E-state index contributed by atoms with van der Waals surface area (Å²) in [7, 11) is 0. The van der Waals surface area contributed by atoms with Crippen LogP contribution < -0.4 is 11.1 Å². The molecule has 1 rings (SSSR count). The summed E-state index contributed by atoms with van der Waals surface area (Å²) in [5.41, 5.74) is 4.45. The van der Waals surface area contributed by atoms with Crippen LogP contribution in [0.4, 0.5) is 13.2 Å². The average Bonchev–Trinajstić information content (AvgIpc) is 2.27. The Hall–Kier alpha value is -1.63. The molecule has 0 saturated carbocycles. The second kappa shape index (κ2) is 5.81. The summed E-state index contributed by atoms with van der Waals surface area (Å²) in [6, 6.07) is 1.92. The number of aryl methyl sites for hydroxylation is 1. The third kappa shape index (κ3) is 3.69. The molecule has 4 nitrogen and oxygen atoms in total. The number of carbonyl (C=O) groups excluding carboxylic acids is 1. The first-order chi connectivity index (χ1) is 8.36. The molecule has 1 heterocycles. The second-order valence-electron chi connectivity index (χ2n) is 3.73. The molecule has 7 heteroatoms. The van der Waals surface area contributed by atoms with Gasteiger partial charge in [0.05, 0.1) is 11.3 Å². The van der Waals surface area contributed by atoms with E-state index in [0.717, 1.165) is 12.1 Å². The van der Waals surface area contributed by atoms with Crippen LogP contribution in [0.1, 0.15) is 28.2 Å². The molecule has 0 unspecified atom stereocenters. The van der Waals surface area contributed by atoms with Gasteiger partial charge in [-0.05, 0) is 32.0 Å². The maximum atomic E-state index is 12.4. The van der Waals surface area contributed by atoms with E-state index in [2.05, 4.69) is 10.3 Å². The van der Waals surface area contributed by atoms with Crippen molar-refractivity contribution in [1.29, 1.82) is 0 Å². The quantitative estimate of drug-likeness (QED) is 0.807. The van der Waals surface area contributed by atoms with Crippen molar-refractivity contribution in [3.63, 3.8) is 0 Å². The molecule has 1 aromatic rings. The highest BCUT2D eigenvalue weighted by atomic mass is 19.4. The summed E-state index contributed by atoms with van der Waals surface area (Å²) in [5, 5.41) is 2.56. The lowest BCUT2D eigenvalue weighted by Gasteiger charge is -2.10. The van der Waals surface area contributed by atoms with Crippen molar-refractivity contribution in [1.82, 2.24) is 10.3 Å². The molecular formula is C11H14F3N3O. The molecule has 0 saturated heterocycles. The van der Waals surface area contributed by atoms with E-state index in [-0.39, 0.29) is 11.3 Å². The number of rotatable bonds is 4. The van der Waals surface area contributed by atoms with Crippen LogP contribution in [0.5, 0.6) is 0 Å². The largest absolute Gasteiger partial charge is 0.433 e. The molecule has 0 aromatic carbocycles. The summed E-state index contributed by atoms with van der Waals surface area (Å²) in [6.07, 6.45) is -3.89. The van der Waals surface area contributed by atoms with Crippen molar-refractivity contribution in [3.05, 3.63) is 29.1 Å². The zero-order valence-corrected chi connectivity index (χ0v) is 9.84.